The molecule has 1 aliphatic rings. The summed E-state index contributed by atoms with van der Waals surface area (Å²) in [6.07, 6.45) is 3.45. The second-order valence-corrected chi connectivity index (χ2v) is 6.31. The molecule has 2 N–H and O–H groups in total. The summed E-state index contributed by atoms with van der Waals surface area (Å²) in [5, 5.41) is 27.4. The minimum atomic E-state index is -1.82. The summed E-state index contributed by atoms with van der Waals surface area (Å²) in [6, 6.07) is 8.30. The summed E-state index contributed by atoms with van der Waals surface area (Å²) >= 11 is 1.69. The molecule has 0 atom stereocenters. The van der Waals surface area contributed by atoms with E-state index in [-0.39, 0.29) is 0 Å². The molecule has 130 valence electrons. The molecular formula is C18H18N2O4S. The van der Waals surface area contributed by atoms with Crippen LogP contribution in [0, 0.1) is 11.3 Å². The van der Waals surface area contributed by atoms with E-state index in [9.17, 15) is 0 Å². The van der Waals surface area contributed by atoms with Crippen molar-refractivity contribution in [2.75, 3.05) is 19.6 Å². The summed E-state index contributed by atoms with van der Waals surface area (Å²) in [5.41, 5.74) is 3.55. The normalized spacial score (nSPS) is 14.2. The number of hydrogen-bond donors (Lipinski definition) is 2. The fourth-order valence-corrected chi connectivity index (χ4v) is 3.70. The highest BCUT2D eigenvalue weighted by molar-refractivity contribution is 7.17. The molecule has 1 aliphatic heterocycles. The molecule has 7 heteroatoms. The van der Waals surface area contributed by atoms with Gasteiger partial charge in [-0.25, -0.2) is 9.59 Å². The lowest BCUT2D eigenvalue weighted by atomic mass is 9.98. The second kappa shape index (κ2) is 8.42. The molecule has 0 radical (unpaired) electrons. The van der Waals surface area contributed by atoms with Gasteiger partial charge in [-0.1, -0.05) is 25.1 Å². The van der Waals surface area contributed by atoms with Crippen LogP contribution in [0.2, 0.25) is 0 Å². The van der Waals surface area contributed by atoms with Crippen molar-refractivity contribution in [2.45, 2.75) is 13.3 Å². The largest absolute Gasteiger partial charge is 0.473 e. The van der Waals surface area contributed by atoms with Crippen LogP contribution >= 0.6 is 11.3 Å². The molecule has 0 spiro atoms. The number of fused-ring (bicyclic) bond motifs is 1. The van der Waals surface area contributed by atoms with Crippen LogP contribution in [0.4, 0.5) is 0 Å². The Kier molecular flexibility index (Phi) is 6.28. The molecule has 0 fully saturated rings. The van der Waals surface area contributed by atoms with Gasteiger partial charge in [0, 0.05) is 18.5 Å². The van der Waals surface area contributed by atoms with Gasteiger partial charge in [0.05, 0.1) is 10.3 Å². The molecule has 0 aliphatic carbocycles. The maximum atomic E-state index is 9.16. The Hall–Kier alpha value is -2.69. The van der Waals surface area contributed by atoms with E-state index >= 15 is 0 Å². The van der Waals surface area contributed by atoms with E-state index in [0.717, 1.165) is 36.3 Å². The van der Waals surface area contributed by atoms with Crippen molar-refractivity contribution in [3.05, 3.63) is 40.8 Å². The summed E-state index contributed by atoms with van der Waals surface area (Å²) < 4.78 is 1.12. The van der Waals surface area contributed by atoms with Crippen LogP contribution in [-0.4, -0.2) is 46.7 Å². The third-order valence-corrected chi connectivity index (χ3v) is 5.02. The Balaban J connectivity index is 0.000000326. The zero-order valence-corrected chi connectivity index (χ0v) is 14.5. The molecule has 6 nitrogen and oxygen atoms in total. The second-order valence-electron chi connectivity index (χ2n) is 5.43. The van der Waals surface area contributed by atoms with E-state index in [2.05, 4.69) is 35.4 Å². The van der Waals surface area contributed by atoms with Crippen molar-refractivity contribution in [2.24, 2.45) is 0 Å². The van der Waals surface area contributed by atoms with Gasteiger partial charge in [0.15, 0.2) is 0 Å². The number of likely N-dealkylation sites (N-methyl/N-ethyl adjacent to an activating group) is 1. The molecule has 25 heavy (non-hydrogen) atoms. The highest BCUT2D eigenvalue weighted by Gasteiger charge is 2.15. The van der Waals surface area contributed by atoms with E-state index in [1.807, 2.05) is 12.1 Å². The number of rotatable bonds is 2. The summed E-state index contributed by atoms with van der Waals surface area (Å²) in [4.78, 5) is 20.6. The predicted octanol–water partition coefficient (Wildman–Crippen LogP) is 3.04. The van der Waals surface area contributed by atoms with Gasteiger partial charge in [-0.2, -0.15) is 5.26 Å². The smallest absolute Gasteiger partial charge is 0.414 e. The number of benzene rings is 1. The first kappa shape index (κ1) is 18.6. The highest BCUT2D eigenvalue weighted by Crippen LogP contribution is 2.35. The van der Waals surface area contributed by atoms with Gasteiger partial charge in [0.1, 0.15) is 6.07 Å². The van der Waals surface area contributed by atoms with Gasteiger partial charge < -0.3 is 10.2 Å². The first-order valence-corrected chi connectivity index (χ1v) is 8.64. The Morgan fingerprint density at radius 3 is 2.56 bits per heavy atom. The van der Waals surface area contributed by atoms with Crippen molar-refractivity contribution in [3.8, 4) is 6.07 Å². The quantitative estimate of drug-likeness (QED) is 0.800. The van der Waals surface area contributed by atoms with Crippen molar-refractivity contribution < 1.29 is 19.8 Å². The van der Waals surface area contributed by atoms with Gasteiger partial charge in [0.25, 0.3) is 0 Å². The molecule has 0 saturated carbocycles. The van der Waals surface area contributed by atoms with Crippen molar-refractivity contribution >= 4 is 38.9 Å². The molecule has 0 saturated heterocycles. The Morgan fingerprint density at radius 2 is 2.04 bits per heavy atom. The summed E-state index contributed by atoms with van der Waals surface area (Å²) in [7, 11) is 0. The average molecular weight is 358 g/mol. The molecule has 3 rings (SSSR count). The van der Waals surface area contributed by atoms with Gasteiger partial charge >= 0.3 is 11.9 Å². The molecule has 0 unspecified atom stereocenters. The van der Waals surface area contributed by atoms with Gasteiger partial charge in [-0.3, -0.25) is 4.90 Å². The lowest BCUT2D eigenvalue weighted by Crippen LogP contribution is -2.27. The van der Waals surface area contributed by atoms with Crippen molar-refractivity contribution in [3.63, 3.8) is 0 Å². The van der Waals surface area contributed by atoms with E-state index in [0.29, 0.717) is 0 Å². The van der Waals surface area contributed by atoms with Crippen LogP contribution in [0.5, 0.6) is 0 Å². The topological polar surface area (TPSA) is 102 Å². The Morgan fingerprint density at radius 1 is 1.32 bits per heavy atom. The average Bonchev–Trinajstić information content (AvgIpc) is 3.06. The molecule has 2 heterocycles. The van der Waals surface area contributed by atoms with Crippen LogP contribution in [-0.2, 0) is 9.59 Å². The van der Waals surface area contributed by atoms with Crippen LogP contribution in [0.25, 0.3) is 15.7 Å². The van der Waals surface area contributed by atoms with E-state index in [1.54, 1.807) is 11.3 Å². The lowest BCUT2D eigenvalue weighted by molar-refractivity contribution is -0.159. The number of carbonyl (C=O) groups is 2. The summed E-state index contributed by atoms with van der Waals surface area (Å²) in [5.74, 6) is -3.65. The minimum absolute atomic E-state index is 0.792. The molecule has 0 amide bonds. The van der Waals surface area contributed by atoms with Crippen LogP contribution < -0.4 is 0 Å². The molecule has 1 aromatic carbocycles. The summed E-state index contributed by atoms with van der Waals surface area (Å²) in [6.45, 7) is 5.50. The van der Waals surface area contributed by atoms with E-state index in [1.165, 1.54) is 16.5 Å². The standard InChI is InChI=1S/C16H16N2S.C2H2O4/c1-2-18-8-6-12(7-9-18)15-11-19-16-13(10-17)4-3-5-14(15)16;3-1(4)2(5)6/h3-6,11H,2,7-9H2,1H3;(H,3,4)(H,5,6). The molecular weight excluding hydrogens is 340 g/mol. The van der Waals surface area contributed by atoms with Crippen LogP contribution in [0.1, 0.15) is 24.5 Å². The SMILES string of the molecule is CCN1CC=C(c2csc3c(C#N)cccc23)CC1.O=C(O)C(=O)O. The minimum Gasteiger partial charge on any atom is -0.473 e. The number of aliphatic carboxylic acids is 2. The highest BCUT2D eigenvalue weighted by atomic mass is 32.1. The fourth-order valence-electron chi connectivity index (χ4n) is 2.64. The predicted molar refractivity (Wildman–Crippen MR) is 96.5 cm³/mol. The molecule has 0 bridgehead atoms. The number of nitrogens with zero attached hydrogens (tertiary/aromatic N) is 2. The zero-order valence-electron chi connectivity index (χ0n) is 13.7. The number of thiophene rings is 1. The van der Waals surface area contributed by atoms with Gasteiger partial charge in [-0.05, 0) is 35.5 Å². The number of hydrogen-bond acceptors (Lipinski definition) is 5. The maximum Gasteiger partial charge on any atom is 0.414 e. The first-order valence-electron chi connectivity index (χ1n) is 7.76. The maximum absolute atomic E-state index is 9.16. The molecule has 1 aromatic heterocycles. The lowest BCUT2D eigenvalue weighted by Gasteiger charge is -2.24. The van der Waals surface area contributed by atoms with E-state index < -0.39 is 11.9 Å². The number of carboxylic acid groups (broad SMARTS) is 2. The third kappa shape index (κ3) is 4.44. The first-order chi connectivity index (χ1) is 12.0. The fraction of sp³-hybridized carbons (Fsp3) is 0.278. The van der Waals surface area contributed by atoms with Gasteiger partial charge in [0.2, 0.25) is 0 Å². The van der Waals surface area contributed by atoms with Crippen molar-refractivity contribution in [1.29, 1.82) is 5.26 Å². The number of nitriles is 1. The third-order valence-electron chi connectivity index (χ3n) is 3.99. The Labute approximate surface area is 149 Å². The van der Waals surface area contributed by atoms with Crippen LogP contribution in [0.15, 0.2) is 29.7 Å². The van der Waals surface area contributed by atoms with Crippen LogP contribution in [0.3, 0.4) is 0 Å². The monoisotopic (exact) mass is 358 g/mol. The molecule has 2 aromatic rings. The number of carboxylic acids is 2. The zero-order chi connectivity index (χ0) is 18.4. The Bertz CT molecular complexity index is 852. The van der Waals surface area contributed by atoms with E-state index in [4.69, 9.17) is 25.1 Å². The van der Waals surface area contributed by atoms with Gasteiger partial charge in [-0.15, -0.1) is 11.3 Å². The van der Waals surface area contributed by atoms with Crippen molar-refractivity contribution in [1.82, 2.24) is 4.90 Å².